The van der Waals surface area contributed by atoms with Gasteiger partial charge in [-0.05, 0) is 98.7 Å². The van der Waals surface area contributed by atoms with Crippen molar-refractivity contribution in [2.24, 2.45) is 0 Å². The molecule has 0 unspecified atom stereocenters. The highest BCUT2D eigenvalue weighted by Gasteiger charge is 2.42. The third-order valence-electron chi connectivity index (χ3n) is 7.94. The van der Waals surface area contributed by atoms with Crippen LogP contribution in [0.2, 0.25) is 0 Å². The largest absolute Gasteiger partial charge is 0.495 e. The summed E-state index contributed by atoms with van der Waals surface area (Å²) in [4.78, 5) is 18.0. The summed E-state index contributed by atoms with van der Waals surface area (Å²) >= 11 is 5.95. The fraction of sp³-hybridized carbons (Fsp3) is 0.176. The number of nitrogens with zero attached hydrogens (tertiary/aromatic N) is 4. The van der Waals surface area contributed by atoms with Gasteiger partial charge in [0, 0.05) is 35.4 Å². The molecule has 5 aromatic rings. The zero-order valence-corrected chi connectivity index (χ0v) is 25.5. The number of para-hydroxylation sites is 1. The number of non-ortho nitro benzene ring substituents is 1. The first kappa shape index (κ1) is 28.9. The summed E-state index contributed by atoms with van der Waals surface area (Å²) in [5, 5.41) is 15.7. The molecule has 3 aromatic carbocycles. The van der Waals surface area contributed by atoms with E-state index < -0.39 is 4.92 Å². The molecule has 0 aliphatic carbocycles. The number of anilines is 1. The van der Waals surface area contributed by atoms with E-state index in [9.17, 15) is 10.1 Å². The highest BCUT2D eigenvalue weighted by atomic mass is 32.1. The minimum atomic E-state index is -0.400. The molecule has 3 heterocycles. The predicted octanol–water partition coefficient (Wildman–Crippen LogP) is 7.68. The van der Waals surface area contributed by atoms with Crippen molar-refractivity contribution in [2.75, 3.05) is 12.0 Å². The fourth-order valence-electron chi connectivity index (χ4n) is 5.85. The molecule has 1 N–H and O–H groups in total. The molecule has 1 fully saturated rings. The summed E-state index contributed by atoms with van der Waals surface area (Å²) in [6.45, 7) is 6.00. The van der Waals surface area contributed by atoms with Crippen LogP contribution in [0, 0.1) is 30.9 Å². The maximum atomic E-state index is 11.7. The maximum absolute atomic E-state index is 11.7. The van der Waals surface area contributed by atoms with E-state index >= 15 is 0 Å². The molecule has 2 atom stereocenters. The normalized spacial score (nSPS) is 16.1. The van der Waals surface area contributed by atoms with Crippen molar-refractivity contribution >= 4 is 28.7 Å². The van der Waals surface area contributed by atoms with Gasteiger partial charge in [0.25, 0.3) is 5.69 Å². The van der Waals surface area contributed by atoms with Crippen LogP contribution in [0.3, 0.4) is 0 Å². The Morgan fingerprint density at radius 3 is 2.36 bits per heavy atom. The Balaban J connectivity index is 1.45. The zero-order chi connectivity index (χ0) is 31.0. The van der Waals surface area contributed by atoms with Crippen molar-refractivity contribution in [2.45, 2.75) is 32.9 Å². The number of aromatic nitrogens is 2. The number of thiocarbonyl (C=S) groups is 1. The number of nitro groups is 1. The molecule has 1 saturated heterocycles. The smallest absolute Gasteiger partial charge is 0.271 e. The SMILES string of the molecule is COc1ccc([N+](=O)[O-])cc1-n1c(C)cc([C@H]2[C@@H](c3ccccn3)NC(=S)N2c2ccc(Oc3ccccc3C)cc2)c1C. The van der Waals surface area contributed by atoms with Crippen molar-refractivity contribution in [1.29, 1.82) is 0 Å². The van der Waals surface area contributed by atoms with E-state index in [2.05, 4.69) is 21.3 Å². The molecule has 0 spiro atoms. The Kier molecular flexibility index (Phi) is 7.75. The van der Waals surface area contributed by atoms with Crippen molar-refractivity contribution < 1.29 is 14.4 Å². The fourth-order valence-corrected chi connectivity index (χ4v) is 6.19. The number of nitro benzene ring substituents is 1. The number of nitrogens with one attached hydrogen (secondary N) is 1. The first-order chi connectivity index (χ1) is 21.3. The van der Waals surface area contributed by atoms with Gasteiger partial charge in [0.1, 0.15) is 17.2 Å². The van der Waals surface area contributed by atoms with E-state index in [1.165, 1.54) is 6.07 Å². The van der Waals surface area contributed by atoms with Gasteiger partial charge in [0.15, 0.2) is 5.11 Å². The number of methoxy groups -OCH3 is 1. The van der Waals surface area contributed by atoms with Gasteiger partial charge in [0.2, 0.25) is 0 Å². The lowest BCUT2D eigenvalue weighted by Crippen LogP contribution is -2.29. The number of pyridine rings is 1. The van der Waals surface area contributed by atoms with Gasteiger partial charge in [-0.1, -0.05) is 24.3 Å². The summed E-state index contributed by atoms with van der Waals surface area (Å²) < 4.78 is 13.8. The zero-order valence-electron chi connectivity index (χ0n) is 24.7. The molecule has 0 bridgehead atoms. The average molecular weight is 606 g/mol. The summed E-state index contributed by atoms with van der Waals surface area (Å²) in [6.07, 6.45) is 1.77. The Morgan fingerprint density at radius 1 is 0.932 bits per heavy atom. The molecule has 222 valence electrons. The van der Waals surface area contributed by atoms with Gasteiger partial charge in [-0.15, -0.1) is 0 Å². The standard InChI is InChI=1S/C34H31N5O4S/c1-21-9-5-6-11-30(21)43-26-15-12-24(13-16-26)38-33(32(36-34(38)44)28-10-7-8-18-35-28)27-19-22(2)37(23(27)3)29-20-25(39(40)41)14-17-31(29)42-4/h5-20,32-33H,1-4H3,(H,36,44)/t32-,33+/m1/s1. The van der Waals surface area contributed by atoms with E-state index in [-0.39, 0.29) is 17.8 Å². The molecule has 6 rings (SSSR count). The molecule has 0 amide bonds. The number of hydrogen-bond acceptors (Lipinski definition) is 6. The second-order valence-electron chi connectivity index (χ2n) is 10.6. The predicted molar refractivity (Wildman–Crippen MR) is 174 cm³/mol. The highest BCUT2D eigenvalue weighted by Crippen LogP contribution is 2.45. The summed E-state index contributed by atoms with van der Waals surface area (Å²) in [5.74, 6) is 2.05. The summed E-state index contributed by atoms with van der Waals surface area (Å²) in [7, 11) is 1.56. The maximum Gasteiger partial charge on any atom is 0.271 e. The lowest BCUT2D eigenvalue weighted by molar-refractivity contribution is -0.384. The number of rotatable bonds is 8. The van der Waals surface area contributed by atoms with E-state index in [4.69, 9.17) is 21.7 Å². The number of aryl methyl sites for hydroxylation is 2. The molecule has 9 nitrogen and oxygen atoms in total. The minimum absolute atomic E-state index is 0.0143. The molecule has 1 aliphatic heterocycles. The lowest BCUT2D eigenvalue weighted by Gasteiger charge is -2.28. The Labute approximate surface area is 260 Å². The van der Waals surface area contributed by atoms with Crippen molar-refractivity contribution in [1.82, 2.24) is 14.9 Å². The van der Waals surface area contributed by atoms with Crippen LogP contribution in [-0.4, -0.2) is 26.7 Å². The van der Waals surface area contributed by atoms with Gasteiger partial charge in [-0.3, -0.25) is 15.1 Å². The molecule has 0 radical (unpaired) electrons. The molecule has 1 aliphatic rings. The molecule has 44 heavy (non-hydrogen) atoms. The Morgan fingerprint density at radius 2 is 1.68 bits per heavy atom. The van der Waals surface area contributed by atoms with Gasteiger partial charge in [0.05, 0.1) is 35.5 Å². The topological polar surface area (TPSA) is 94.7 Å². The third kappa shape index (κ3) is 5.24. The first-order valence-corrected chi connectivity index (χ1v) is 14.5. The van der Waals surface area contributed by atoms with Crippen LogP contribution in [-0.2, 0) is 0 Å². The van der Waals surface area contributed by atoms with Gasteiger partial charge in [-0.2, -0.15) is 0 Å². The van der Waals surface area contributed by atoms with Crippen LogP contribution in [0.15, 0.2) is 97.2 Å². The average Bonchev–Trinajstić information content (AvgIpc) is 3.53. The number of hydrogen-bond donors (Lipinski definition) is 1. The monoisotopic (exact) mass is 605 g/mol. The van der Waals surface area contributed by atoms with Crippen molar-refractivity contribution in [3.8, 4) is 22.9 Å². The molecular formula is C34H31N5O4S. The van der Waals surface area contributed by atoms with Crippen LogP contribution in [0.4, 0.5) is 11.4 Å². The molecular weight excluding hydrogens is 574 g/mol. The highest BCUT2D eigenvalue weighted by molar-refractivity contribution is 7.80. The lowest BCUT2D eigenvalue weighted by atomic mass is 9.96. The number of benzene rings is 3. The first-order valence-electron chi connectivity index (χ1n) is 14.1. The molecule has 0 saturated carbocycles. The van der Waals surface area contributed by atoms with Crippen LogP contribution in [0.5, 0.6) is 17.2 Å². The van der Waals surface area contributed by atoms with Crippen molar-refractivity contribution in [3.05, 3.63) is 136 Å². The van der Waals surface area contributed by atoms with E-state index in [1.54, 1.807) is 25.4 Å². The second-order valence-corrected chi connectivity index (χ2v) is 11.0. The van der Waals surface area contributed by atoms with E-state index in [1.807, 2.05) is 92.1 Å². The third-order valence-corrected chi connectivity index (χ3v) is 8.25. The van der Waals surface area contributed by atoms with E-state index in [0.717, 1.165) is 45.4 Å². The van der Waals surface area contributed by atoms with Gasteiger partial charge < -0.3 is 24.3 Å². The van der Waals surface area contributed by atoms with Crippen LogP contribution < -0.4 is 19.7 Å². The van der Waals surface area contributed by atoms with Crippen molar-refractivity contribution in [3.63, 3.8) is 0 Å². The summed E-state index contributed by atoms with van der Waals surface area (Å²) in [5.41, 5.74) is 6.17. The van der Waals surface area contributed by atoms with Gasteiger partial charge in [-0.25, -0.2) is 0 Å². The Bertz CT molecular complexity index is 1860. The quantitative estimate of drug-likeness (QED) is 0.109. The van der Waals surface area contributed by atoms with Crippen LogP contribution >= 0.6 is 12.2 Å². The second kappa shape index (κ2) is 11.8. The van der Waals surface area contributed by atoms with E-state index in [0.29, 0.717) is 16.5 Å². The Hall–Kier alpha value is -5.22. The summed E-state index contributed by atoms with van der Waals surface area (Å²) in [6, 6.07) is 27.8. The van der Waals surface area contributed by atoms with Gasteiger partial charge >= 0.3 is 0 Å². The number of ether oxygens (including phenoxy) is 2. The van der Waals surface area contributed by atoms with Crippen LogP contribution in [0.1, 0.15) is 40.3 Å². The molecule has 10 heteroatoms. The molecule has 2 aromatic heterocycles. The minimum Gasteiger partial charge on any atom is -0.495 e. The van der Waals surface area contributed by atoms with Crippen LogP contribution in [0.25, 0.3) is 5.69 Å².